The van der Waals surface area contributed by atoms with Gasteiger partial charge in [0.05, 0.1) is 12.2 Å². The highest BCUT2D eigenvalue weighted by Gasteiger charge is 2.06. The maximum absolute atomic E-state index is 4.25. The quantitative estimate of drug-likeness (QED) is 0.804. The van der Waals surface area contributed by atoms with E-state index in [9.17, 15) is 0 Å². The molecule has 2 N–H and O–H groups in total. The van der Waals surface area contributed by atoms with Crippen molar-refractivity contribution in [1.29, 1.82) is 0 Å². The number of aromatic nitrogens is 3. The molecule has 2 aromatic heterocycles. The summed E-state index contributed by atoms with van der Waals surface area (Å²) in [5.74, 6) is 0. The van der Waals surface area contributed by atoms with E-state index in [0.717, 1.165) is 17.1 Å². The summed E-state index contributed by atoms with van der Waals surface area (Å²) in [6, 6.07) is 0.296. The second kappa shape index (κ2) is 4.34. The first-order valence-corrected chi connectivity index (χ1v) is 5.34. The van der Waals surface area contributed by atoms with Gasteiger partial charge in [-0.25, -0.2) is 4.98 Å². The Bertz CT molecular complexity index is 354. The molecule has 74 valence electrons. The van der Waals surface area contributed by atoms with Crippen LogP contribution in [0.1, 0.15) is 23.5 Å². The first-order valence-electron chi connectivity index (χ1n) is 4.46. The zero-order valence-corrected chi connectivity index (χ0v) is 8.71. The molecular weight excluding hydrogens is 196 g/mol. The van der Waals surface area contributed by atoms with Crippen LogP contribution in [-0.4, -0.2) is 15.2 Å². The van der Waals surface area contributed by atoms with Gasteiger partial charge in [-0.05, 0) is 6.92 Å². The molecule has 0 saturated heterocycles. The Kier molecular flexibility index (Phi) is 2.90. The molecule has 2 aromatic rings. The van der Waals surface area contributed by atoms with E-state index < -0.39 is 0 Å². The lowest BCUT2D eigenvalue weighted by Crippen LogP contribution is -2.17. The molecule has 0 spiro atoms. The molecule has 0 radical (unpaired) electrons. The van der Waals surface area contributed by atoms with Crippen LogP contribution in [0.3, 0.4) is 0 Å². The summed E-state index contributed by atoms with van der Waals surface area (Å²) in [4.78, 5) is 4.25. The van der Waals surface area contributed by atoms with Gasteiger partial charge in [-0.2, -0.15) is 5.10 Å². The predicted molar refractivity (Wildman–Crippen MR) is 56.0 cm³/mol. The van der Waals surface area contributed by atoms with Crippen LogP contribution in [0, 0.1) is 0 Å². The molecular formula is C9H12N4S. The first kappa shape index (κ1) is 9.36. The molecule has 0 aliphatic heterocycles. The Morgan fingerprint density at radius 2 is 2.57 bits per heavy atom. The van der Waals surface area contributed by atoms with Crippen LogP contribution in [0.4, 0.5) is 0 Å². The van der Waals surface area contributed by atoms with E-state index in [1.165, 1.54) is 0 Å². The third-order valence-electron chi connectivity index (χ3n) is 1.99. The van der Waals surface area contributed by atoms with Crippen molar-refractivity contribution in [2.75, 3.05) is 0 Å². The van der Waals surface area contributed by atoms with Gasteiger partial charge in [0.1, 0.15) is 5.01 Å². The smallest absolute Gasteiger partial charge is 0.109 e. The van der Waals surface area contributed by atoms with Gasteiger partial charge in [0, 0.05) is 29.9 Å². The van der Waals surface area contributed by atoms with Crippen molar-refractivity contribution in [3.05, 3.63) is 34.5 Å². The molecule has 0 amide bonds. The van der Waals surface area contributed by atoms with Crippen LogP contribution in [0.15, 0.2) is 24.0 Å². The summed E-state index contributed by atoms with van der Waals surface area (Å²) in [6.07, 6.45) is 5.54. The predicted octanol–water partition coefficient (Wildman–Crippen LogP) is 1.72. The van der Waals surface area contributed by atoms with Crippen molar-refractivity contribution in [2.45, 2.75) is 19.5 Å². The largest absolute Gasteiger partial charge is 0.304 e. The van der Waals surface area contributed by atoms with Crippen LogP contribution in [0.2, 0.25) is 0 Å². The third-order valence-corrected chi connectivity index (χ3v) is 2.95. The van der Waals surface area contributed by atoms with Gasteiger partial charge in [-0.1, -0.05) is 0 Å². The van der Waals surface area contributed by atoms with E-state index in [1.807, 2.05) is 24.0 Å². The average molecular weight is 208 g/mol. The molecule has 2 heterocycles. The van der Waals surface area contributed by atoms with Gasteiger partial charge >= 0.3 is 0 Å². The zero-order chi connectivity index (χ0) is 9.80. The van der Waals surface area contributed by atoms with Crippen LogP contribution >= 0.6 is 11.3 Å². The maximum atomic E-state index is 4.25. The topological polar surface area (TPSA) is 53.6 Å². The molecule has 2 rings (SSSR count). The molecule has 0 aliphatic carbocycles. The van der Waals surface area contributed by atoms with E-state index in [4.69, 9.17) is 0 Å². The van der Waals surface area contributed by atoms with Crippen molar-refractivity contribution in [1.82, 2.24) is 20.5 Å². The average Bonchev–Trinajstić information content (AvgIpc) is 2.87. The van der Waals surface area contributed by atoms with Crippen molar-refractivity contribution in [3.8, 4) is 0 Å². The lowest BCUT2D eigenvalue weighted by molar-refractivity contribution is 0.572. The van der Waals surface area contributed by atoms with Crippen molar-refractivity contribution < 1.29 is 0 Å². The second-order valence-electron chi connectivity index (χ2n) is 3.08. The molecule has 14 heavy (non-hydrogen) atoms. The molecule has 0 bridgehead atoms. The van der Waals surface area contributed by atoms with Gasteiger partial charge in [0.15, 0.2) is 0 Å². The molecule has 1 atom stereocenters. The van der Waals surface area contributed by atoms with Crippen LogP contribution < -0.4 is 5.32 Å². The fourth-order valence-electron chi connectivity index (χ4n) is 1.18. The zero-order valence-electron chi connectivity index (χ0n) is 7.90. The number of nitrogens with zero attached hydrogens (tertiary/aromatic N) is 2. The van der Waals surface area contributed by atoms with Crippen molar-refractivity contribution in [2.24, 2.45) is 0 Å². The summed E-state index contributed by atoms with van der Waals surface area (Å²) < 4.78 is 0. The number of rotatable bonds is 4. The number of H-pyrrole nitrogens is 1. The van der Waals surface area contributed by atoms with Gasteiger partial charge in [0.25, 0.3) is 0 Å². The van der Waals surface area contributed by atoms with Crippen LogP contribution in [0.5, 0.6) is 0 Å². The number of thiazole rings is 1. The summed E-state index contributed by atoms with van der Waals surface area (Å²) in [5.41, 5.74) is 1.16. The molecule has 4 nitrogen and oxygen atoms in total. The number of aromatic amines is 1. The van der Waals surface area contributed by atoms with Crippen LogP contribution in [-0.2, 0) is 6.54 Å². The highest BCUT2D eigenvalue weighted by Crippen LogP contribution is 2.14. The highest BCUT2D eigenvalue weighted by atomic mass is 32.1. The summed E-state index contributed by atoms with van der Waals surface area (Å²) in [5, 5.41) is 13.2. The lowest BCUT2D eigenvalue weighted by atomic mass is 10.3. The Morgan fingerprint density at radius 3 is 3.21 bits per heavy atom. The summed E-state index contributed by atoms with van der Waals surface area (Å²) in [7, 11) is 0. The fraction of sp³-hybridized carbons (Fsp3) is 0.333. The maximum Gasteiger partial charge on any atom is 0.109 e. The Balaban J connectivity index is 1.87. The second-order valence-corrected chi connectivity index (χ2v) is 4.01. The third kappa shape index (κ3) is 2.18. The van der Waals surface area contributed by atoms with Crippen molar-refractivity contribution in [3.63, 3.8) is 0 Å². The number of hydrogen-bond acceptors (Lipinski definition) is 4. The molecule has 5 heteroatoms. The molecule has 0 aromatic carbocycles. The number of nitrogens with one attached hydrogen (secondary N) is 2. The van der Waals surface area contributed by atoms with Gasteiger partial charge < -0.3 is 5.32 Å². The number of hydrogen-bond donors (Lipinski definition) is 2. The molecule has 0 saturated carbocycles. The highest BCUT2D eigenvalue weighted by molar-refractivity contribution is 7.09. The minimum atomic E-state index is 0.296. The SMILES string of the molecule is CC(NCc1cn[nH]c1)c1nccs1. The summed E-state index contributed by atoms with van der Waals surface area (Å²) in [6.45, 7) is 2.93. The first-order chi connectivity index (χ1) is 6.86. The van der Waals surface area contributed by atoms with Crippen molar-refractivity contribution >= 4 is 11.3 Å². The molecule has 0 fully saturated rings. The Morgan fingerprint density at radius 1 is 1.64 bits per heavy atom. The minimum Gasteiger partial charge on any atom is -0.304 e. The minimum absolute atomic E-state index is 0.296. The Hall–Kier alpha value is -1.20. The van der Waals surface area contributed by atoms with E-state index in [-0.39, 0.29) is 0 Å². The van der Waals surface area contributed by atoms with Gasteiger partial charge in [-0.3, -0.25) is 5.10 Å². The monoisotopic (exact) mass is 208 g/mol. The lowest BCUT2D eigenvalue weighted by Gasteiger charge is -2.09. The normalized spacial score (nSPS) is 12.9. The van der Waals surface area contributed by atoms with E-state index >= 15 is 0 Å². The summed E-state index contributed by atoms with van der Waals surface area (Å²) >= 11 is 1.67. The van der Waals surface area contributed by atoms with Gasteiger partial charge in [0.2, 0.25) is 0 Å². The van der Waals surface area contributed by atoms with E-state index in [0.29, 0.717) is 6.04 Å². The van der Waals surface area contributed by atoms with E-state index in [2.05, 4.69) is 27.4 Å². The molecule has 1 unspecified atom stereocenters. The van der Waals surface area contributed by atoms with E-state index in [1.54, 1.807) is 11.3 Å². The van der Waals surface area contributed by atoms with Gasteiger partial charge in [-0.15, -0.1) is 11.3 Å². The Labute approximate surface area is 86.4 Å². The standard InChI is InChI=1S/C9H12N4S/c1-7(9-10-2-3-14-9)11-4-8-5-12-13-6-8/h2-3,5-7,11H,4H2,1H3,(H,12,13). The van der Waals surface area contributed by atoms with Crippen LogP contribution in [0.25, 0.3) is 0 Å². The fourth-order valence-corrected chi connectivity index (χ4v) is 1.85. The molecule has 0 aliphatic rings.